The van der Waals surface area contributed by atoms with Crippen molar-refractivity contribution in [3.8, 4) is 0 Å². The predicted molar refractivity (Wildman–Crippen MR) is 64.5 cm³/mol. The van der Waals surface area contributed by atoms with Crippen molar-refractivity contribution in [1.82, 2.24) is 5.09 Å². The van der Waals surface area contributed by atoms with Gasteiger partial charge in [0.2, 0.25) is 0 Å². The van der Waals surface area contributed by atoms with E-state index in [-0.39, 0.29) is 7.45 Å². The zero-order valence-electron chi connectivity index (χ0n) is 6.90. The molecular weight excluding hydrogens is 203 g/mol. The van der Waals surface area contributed by atoms with Gasteiger partial charge in [-0.3, -0.25) is 5.09 Å². The molecule has 0 radical (unpaired) electrons. The number of rotatable bonds is 4. The first-order valence-corrected chi connectivity index (χ1v) is 8.44. The van der Waals surface area contributed by atoms with Gasteiger partial charge >= 0.3 is 0 Å². The molecule has 0 amide bonds. The Hall–Kier alpha value is 0.470. The lowest BCUT2D eigenvalue weighted by Crippen LogP contribution is -2.06. The molecule has 1 aromatic carbocycles. The van der Waals surface area contributed by atoms with Gasteiger partial charge in [-0.05, 0) is 19.4 Å². The Morgan fingerprint density at radius 2 is 1.83 bits per heavy atom. The second-order valence-electron chi connectivity index (χ2n) is 2.55. The normalized spacial score (nSPS) is 10.6. The fraction of sp³-hybridized carbons (Fsp3) is 0.250. The van der Waals surface area contributed by atoms with Crippen molar-refractivity contribution in [2.24, 2.45) is 0 Å². The van der Waals surface area contributed by atoms with Crippen LogP contribution in [-0.2, 0) is 6.42 Å². The summed E-state index contributed by atoms with van der Waals surface area (Å²) in [7, 11) is 5.41. The smallest absolute Gasteiger partial charge is 0.00362 e. The number of benzene rings is 1. The predicted octanol–water partition coefficient (Wildman–Crippen LogP) is 2.80. The summed E-state index contributed by atoms with van der Waals surface area (Å²) >= 11 is 0. The molecule has 66 valence electrons. The number of hydrogen-bond donors (Lipinski definition) is 1. The maximum atomic E-state index is 3.38. The van der Waals surface area contributed by atoms with Gasteiger partial charge in [0.15, 0.2) is 0 Å². The van der Waals surface area contributed by atoms with Crippen molar-refractivity contribution in [2.45, 2.75) is 6.42 Å². The molecule has 1 nitrogen and oxygen atoms in total. The second-order valence-corrected chi connectivity index (χ2v) is 8.81. The van der Waals surface area contributed by atoms with E-state index in [2.05, 4.69) is 53.3 Å². The first-order chi connectivity index (χ1) is 5.79. The molecule has 2 atom stereocenters. The molecular formula is C8H14NP3. The highest BCUT2D eigenvalue weighted by molar-refractivity contribution is 8.42. The average Bonchev–Trinajstić information content (AvgIpc) is 2.05. The molecule has 0 aliphatic heterocycles. The topological polar surface area (TPSA) is 12.0 Å². The average molecular weight is 217 g/mol. The van der Waals surface area contributed by atoms with E-state index < -0.39 is 0 Å². The van der Waals surface area contributed by atoms with Crippen LogP contribution in [0, 0.1) is 0 Å². The minimum atomic E-state index is -0.113. The fourth-order valence-corrected chi connectivity index (χ4v) is 2.12. The van der Waals surface area contributed by atoms with Crippen molar-refractivity contribution in [3.63, 3.8) is 0 Å². The molecule has 0 aliphatic rings. The molecule has 12 heavy (non-hydrogen) atoms. The van der Waals surface area contributed by atoms with Gasteiger partial charge in [0.05, 0.1) is 0 Å². The zero-order valence-corrected chi connectivity index (χ0v) is 10.1. The van der Waals surface area contributed by atoms with Gasteiger partial charge in [-0.15, -0.1) is 0 Å². The van der Waals surface area contributed by atoms with Gasteiger partial charge in [0.25, 0.3) is 0 Å². The molecule has 0 saturated heterocycles. The molecule has 0 bridgehead atoms. The first kappa shape index (κ1) is 10.6. The minimum Gasteiger partial charge on any atom is -0.289 e. The van der Waals surface area contributed by atoms with Gasteiger partial charge in [-0.1, -0.05) is 48.2 Å². The maximum absolute atomic E-state index is 3.38. The van der Waals surface area contributed by atoms with E-state index in [9.17, 15) is 0 Å². The molecule has 2 unspecified atom stereocenters. The standard InChI is InChI=1S/C8H14NP3/c10-12(11)9-7-6-8-4-2-1-3-5-8/h1-5,9H,6-7,10-11H2. The molecule has 0 fully saturated rings. The molecule has 1 N–H and O–H groups in total. The van der Waals surface area contributed by atoms with Crippen LogP contribution < -0.4 is 5.09 Å². The maximum Gasteiger partial charge on any atom is 0.00362 e. The van der Waals surface area contributed by atoms with Crippen LogP contribution in [0.2, 0.25) is 0 Å². The van der Waals surface area contributed by atoms with Gasteiger partial charge in [-0.2, -0.15) is 0 Å². The lowest BCUT2D eigenvalue weighted by atomic mass is 10.2. The molecule has 1 rings (SSSR count). The van der Waals surface area contributed by atoms with Crippen LogP contribution in [0.5, 0.6) is 0 Å². The highest BCUT2D eigenvalue weighted by atomic mass is 32.4. The van der Waals surface area contributed by atoms with Crippen LogP contribution in [-0.4, -0.2) is 6.54 Å². The molecule has 0 spiro atoms. The Morgan fingerprint density at radius 3 is 2.42 bits per heavy atom. The largest absolute Gasteiger partial charge is 0.289 e. The van der Waals surface area contributed by atoms with E-state index in [1.54, 1.807) is 0 Å². The van der Waals surface area contributed by atoms with Gasteiger partial charge in [-0.25, -0.2) is 0 Å². The first-order valence-electron chi connectivity index (χ1n) is 3.86. The Labute approximate surface area is 79.7 Å². The summed E-state index contributed by atoms with van der Waals surface area (Å²) in [6.07, 6.45) is 1.11. The molecule has 1 aromatic rings. The third-order valence-corrected chi connectivity index (χ3v) is 3.24. The Morgan fingerprint density at radius 1 is 1.17 bits per heavy atom. The van der Waals surface area contributed by atoms with Gasteiger partial charge in [0.1, 0.15) is 0 Å². The molecule has 0 aromatic heterocycles. The van der Waals surface area contributed by atoms with Crippen molar-refractivity contribution in [2.75, 3.05) is 6.54 Å². The molecule has 0 saturated carbocycles. The van der Waals surface area contributed by atoms with Crippen molar-refractivity contribution < 1.29 is 0 Å². The Kier molecular flexibility index (Phi) is 5.28. The third kappa shape index (κ3) is 4.48. The quantitative estimate of drug-likeness (QED) is 0.764. The van der Waals surface area contributed by atoms with Gasteiger partial charge in [0, 0.05) is 6.54 Å². The van der Waals surface area contributed by atoms with E-state index in [1.807, 2.05) is 0 Å². The molecule has 0 heterocycles. The molecule has 4 heteroatoms. The lowest BCUT2D eigenvalue weighted by molar-refractivity contribution is 0.906. The van der Waals surface area contributed by atoms with Crippen molar-refractivity contribution >= 4 is 25.3 Å². The summed E-state index contributed by atoms with van der Waals surface area (Å²) in [6.45, 7) is 1.06. The summed E-state index contributed by atoms with van der Waals surface area (Å²) in [5.41, 5.74) is 1.40. The van der Waals surface area contributed by atoms with E-state index in [1.165, 1.54) is 5.56 Å². The Balaban J connectivity index is 2.25. The molecule has 0 aliphatic carbocycles. The van der Waals surface area contributed by atoms with E-state index in [0.29, 0.717) is 0 Å². The number of nitrogens with one attached hydrogen (secondary N) is 1. The van der Waals surface area contributed by atoms with Crippen LogP contribution in [0.25, 0.3) is 0 Å². The summed E-state index contributed by atoms with van der Waals surface area (Å²) in [5.74, 6) is 0. The van der Waals surface area contributed by atoms with Crippen molar-refractivity contribution in [1.29, 1.82) is 0 Å². The lowest BCUT2D eigenvalue weighted by Gasteiger charge is -2.06. The summed E-state index contributed by atoms with van der Waals surface area (Å²) in [4.78, 5) is 0. The minimum absolute atomic E-state index is 0.113. The second kappa shape index (κ2) is 6.01. The van der Waals surface area contributed by atoms with Crippen LogP contribution >= 0.6 is 25.3 Å². The highest BCUT2D eigenvalue weighted by Gasteiger charge is 1.92. The monoisotopic (exact) mass is 217 g/mol. The summed E-state index contributed by atoms with van der Waals surface area (Å²) in [6, 6.07) is 10.5. The van der Waals surface area contributed by atoms with Crippen molar-refractivity contribution in [3.05, 3.63) is 35.9 Å². The number of hydrogen-bond acceptors (Lipinski definition) is 1. The fourth-order valence-electron chi connectivity index (χ4n) is 0.974. The van der Waals surface area contributed by atoms with Crippen LogP contribution in [0.15, 0.2) is 30.3 Å². The van der Waals surface area contributed by atoms with Crippen LogP contribution in [0.4, 0.5) is 0 Å². The SMILES string of the molecule is PP(P)NCCc1ccccc1. The third-order valence-electron chi connectivity index (χ3n) is 1.55. The Bertz CT molecular complexity index is 213. The van der Waals surface area contributed by atoms with E-state index in [4.69, 9.17) is 0 Å². The highest BCUT2D eigenvalue weighted by Crippen LogP contribution is 2.47. The van der Waals surface area contributed by atoms with Crippen LogP contribution in [0.3, 0.4) is 0 Å². The summed E-state index contributed by atoms with van der Waals surface area (Å²) < 4.78 is 0. The zero-order chi connectivity index (χ0) is 8.81. The van der Waals surface area contributed by atoms with E-state index in [0.717, 1.165) is 13.0 Å². The summed E-state index contributed by atoms with van der Waals surface area (Å²) in [5, 5.41) is 3.38. The van der Waals surface area contributed by atoms with Gasteiger partial charge < -0.3 is 0 Å². The van der Waals surface area contributed by atoms with E-state index >= 15 is 0 Å². The van der Waals surface area contributed by atoms with Crippen LogP contribution in [0.1, 0.15) is 5.56 Å².